The van der Waals surface area contributed by atoms with Gasteiger partial charge in [0.25, 0.3) is 5.91 Å². The van der Waals surface area contributed by atoms with Crippen LogP contribution in [0.3, 0.4) is 0 Å². The largest absolute Gasteiger partial charge is 0.451 e. The molecule has 0 radical (unpaired) electrons. The molecule has 1 aliphatic heterocycles. The van der Waals surface area contributed by atoms with Gasteiger partial charge in [0.05, 0.1) is 0 Å². The second-order valence-corrected chi connectivity index (χ2v) is 5.30. The highest BCUT2D eigenvalue weighted by Gasteiger charge is 2.24. The van der Waals surface area contributed by atoms with E-state index in [0.717, 1.165) is 32.4 Å². The fourth-order valence-corrected chi connectivity index (χ4v) is 2.77. The molecule has 4 heteroatoms. The molecule has 1 saturated heterocycles. The summed E-state index contributed by atoms with van der Waals surface area (Å²) in [5.41, 5.74) is 1.79. The molecule has 1 aliphatic rings. The zero-order valence-corrected chi connectivity index (χ0v) is 11.4. The average Bonchev–Trinajstić information content (AvgIpc) is 3.03. The van der Waals surface area contributed by atoms with Gasteiger partial charge in [0.1, 0.15) is 6.26 Å². The van der Waals surface area contributed by atoms with Crippen LogP contribution in [-0.2, 0) is 6.42 Å². The average molecular weight is 270 g/mol. The van der Waals surface area contributed by atoms with Crippen LogP contribution in [0, 0.1) is 5.92 Å². The number of carbonyl (C=O) groups excluding carboxylic acids is 1. The molecule has 1 aromatic heterocycles. The van der Waals surface area contributed by atoms with Crippen molar-refractivity contribution >= 4 is 5.91 Å². The van der Waals surface area contributed by atoms with Crippen molar-refractivity contribution in [3.63, 3.8) is 0 Å². The molecule has 0 spiro atoms. The van der Waals surface area contributed by atoms with Gasteiger partial charge >= 0.3 is 0 Å². The Labute approximate surface area is 118 Å². The van der Waals surface area contributed by atoms with Crippen LogP contribution >= 0.6 is 0 Å². The molecule has 104 valence electrons. The summed E-state index contributed by atoms with van der Waals surface area (Å²) in [5, 5.41) is 0. The van der Waals surface area contributed by atoms with E-state index in [1.807, 2.05) is 11.0 Å². The molecule has 4 nitrogen and oxygen atoms in total. The summed E-state index contributed by atoms with van der Waals surface area (Å²) >= 11 is 0. The minimum absolute atomic E-state index is 0.0167. The quantitative estimate of drug-likeness (QED) is 0.861. The van der Waals surface area contributed by atoms with E-state index in [9.17, 15) is 4.79 Å². The number of likely N-dealkylation sites (tertiary alicyclic amines) is 1. The van der Waals surface area contributed by atoms with Crippen molar-refractivity contribution in [2.75, 3.05) is 13.1 Å². The van der Waals surface area contributed by atoms with E-state index in [2.05, 4.69) is 29.2 Å². The third-order valence-electron chi connectivity index (χ3n) is 3.92. The fraction of sp³-hybridized carbons (Fsp3) is 0.375. The van der Waals surface area contributed by atoms with Crippen molar-refractivity contribution in [1.82, 2.24) is 9.88 Å². The summed E-state index contributed by atoms with van der Waals surface area (Å²) in [5.74, 6) is 0.649. The third-order valence-corrected chi connectivity index (χ3v) is 3.92. The predicted octanol–water partition coefficient (Wildman–Crippen LogP) is 2.77. The van der Waals surface area contributed by atoms with Crippen molar-refractivity contribution < 1.29 is 9.21 Å². The van der Waals surface area contributed by atoms with E-state index in [1.54, 1.807) is 0 Å². The van der Waals surface area contributed by atoms with Gasteiger partial charge in [-0.15, -0.1) is 0 Å². The highest BCUT2D eigenvalue weighted by Crippen LogP contribution is 2.22. The second-order valence-electron chi connectivity index (χ2n) is 5.30. The molecule has 3 rings (SSSR count). The Kier molecular flexibility index (Phi) is 3.81. The van der Waals surface area contributed by atoms with Crippen molar-refractivity contribution in [3.8, 4) is 0 Å². The molecule has 0 atom stereocenters. The highest BCUT2D eigenvalue weighted by molar-refractivity contribution is 5.91. The normalized spacial score (nSPS) is 16.3. The Balaban J connectivity index is 1.53. The van der Waals surface area contributed by atoms with E-state index in [0.29, 0.717) is 11.6 Å². The van der Waals surface area contributed by atoms with Gasteiger partial charge in [-0.3, -0.25) is 4.79 Å². The maximum absolute atomic E-state index is 12.1. The fourth-order valence-electron chi connectivity index (χ4n) is 2.77. The summed E-state index contributed by atoms with van der Waals surface area (Å²) in [6.07, 6.45) is 5.93. The molecule has 0 N–H and O–H groups in total. The standard InChI is InChI=1S/C16H18N2O2/c19-16(15-11-20-12-17-15)18-8-6-14(7-9-18)10-13-4-2-1-3-5-13/h1-5,11-12,14H,6-10H2. The lowest BCUT2D eigenvalue weighted by Gasteiger charge is -2.31. The molecule has 0 aliphatic carbocycles. The lowest BCUT2D eigenvalue weighted by atomic mass is 9.90. The number of hydrogen-bond donors (Lipinski definition) is 0. The first kappa shape index (κ1) is 12.9. The Hall–Kier alpha value is -2.10. The molecule has 2 heterocycles. The molecule has 0 bridgehead atoms. The Morgan fingerprint density at radius 2 is 2.00 bits per heavy atom. The van der Waals surface area contributed by atoms with Gasteiger partial charge in [0.15, 0.2) is 12.1 Å². The highest BCUT2D eigenvalue weighted by atomic mass is 16.3. The zero-order chi connectivity index (χ0) is 13.8. The minimum atomic E-state index is -0.0167. The van der Waals surface area contributed by atoms with Crippen LogP contribution in [0.25, 0.3) is 0 Å². The van der Waals surface area contributed by atoms with Crippen molar-refractivity contribution in [2.24, 2.45) is 5.92 Å². The molecular weight excluding hydrogens is 252 g/mol. The first-order valence-electron chi connectivity index (χ1n) is 7.04. The van der Waals surface area contributed by atoms with Gasteiger partial charge in [-0.05, 0) is 30.7 Å². The van der Waals surface area contributed by atoms with Gasteiger partial charge in [-0.25, -0.2) is 4.98 Å². The number of piperidine rings is 1. The van der Waals surface area contributed by atoms with Gasteiger partial charge in [0, 0.05) is 13.1 Å². The second kappa shape index (κ2) is 5.90. The van der Waals surface area contributed by atoms with Crippen molar-refractivity contribution in [2.45, 2.75) is 19.3 Å². The molecule has 0 saturated carbocycles. The topological polar surface area (TPSA) is 46.3 Å². The molecule has 2 aromatic rings. The van der Waals surface area contributed by atoms with Crippen LogP contribution < -0.4 is 0 Å². The summed E-state index contributed by atoms with van der Waals surface area (Å²) in [6.45, 7) is 1.62. The number of rotatable bonds is 3. The van der Waals surface area contributed by atoms with E-state index in [-0.39, 0.29) is 5.91 Å². The zero-order valence-electron chi connectivity index (χ0n) is 11.4. The smallest absolute Gasteiger partial charge is 0.275 e. The Morgan fingerprint density at radius 1 is 1.25 bits per heavy atom. The number of aromatic nitrogens is 1. The number of hydrogen-bond acceptors (Lipinski definition) is 3. The number of oxazole rings is 1. The Morgan fingerprint density at radius 3 is 2.65 bits per heavy atom. The summed E-state index contributed by atoms with van der Waals surface area (Å²) in [7, 11) is 0. The SMILES string of the molecule is O=C(c1cocn1)N1CCC(Cc2ccccc2)CC1. The maximum Gasteiger partial charge on any atom is 0.275 e. The van der Waals surface area contributed by atoms with Gasteiger partial charge in [0.2, 0.25) is 0 Å². The van der Waals surface area contributed by atoms with Crippen LogP contribution in [0.15, 0.2) is 47.4 Å². The van der Waals surface area contributed by atoms with Gasteiger partial charge in [-0.2, -0.15) is 0 Å². The summed E-state index contributed by atoms with van der Waals surface area (Å²) in [4.78, 5) is 17.9. The third kappa shape index (κ3) is 2.90. The lowest BCUT2D eigenvalue weighted by Crippen LogP contribution is -2.39. The van der Waals surface area contributed by atoms with E-state index >= 15 is 0 Å². The molecule has 1 fully saturated rings. The first-order valence-corrected chi connectivity index (χ1v) is 7.04. The number of nitrogens with zero attached hydrogens (tertiary/aromatic N) is 2. The first-order chi connectivity index (χ1) is 9.83. The van der Waals surface area contributed by atoms with Gasteiger partial charge in [-0.1, -0.05) is 30.3 Å². The van der Waals surface area contributed by atoms with Crippen LogP contribution in [0.1, 0.15) is 28.9 Å². The van der Waals surface area contributed by atoms with E-state index < -0.39 is 0 Å². The van der Waals surface area contributed by atoms with Crippen LogP contribution in [0.5, 0.6) is 0 Å². The van der Waals surface area contributed by atoms with Crippen LogP contribution in [-0.4, -0.2) is 28.9 Å². The molecular formula is C16H18N2O2. The predicted molar refractivity (Wildman–Crippen MR) is 75.3 cm³/mol. The molecule has 0 unspecified atom stereocenters. The maximum atomic E-state index is 12.1. The summed E-state index contributed by atoms with van der Waals surface area (Å²) < 4.78 is 4.87. The molecule has 20 heavy (non-hydrogen) atoms. The van der Waals surface area contributed by atoms with Crippen LogP contribution in [0.2, 0.25) is 0 Å². The monoisotopic (exact) mass is 270 g/mol. The van der Waals surface area contributed by atoms with Crippen LogP contribution in [0.4, 0.5) is 0 Å². The minimum Gasteiger partial charge on any atom is -0.451 e. The van der Waals surface area contributed by atoms with Crippen molar-refractivity contribution in [1.29, 1.82) is 0 Å². The van der Waals surface area contributed by atoms with E-state index in [1.165, 1.54) is 18.2 Å². The summed E-state index contributed by atoms with van der Waals surface area (Å²) in [6, 6.07) is 10.6. The van der Waals surface area contributed by atoms with Gasteiger partial charge < -0.3 is 9.32 Å². The molecule has 1 aromatic carbocycles. The van der Waals surface area contributed by atoms with E-state index in [4.69, 9.17) is 4.42 Å². The van der Waals surface area contributed by atoms with Crippen molar-refractivity contribution in [3.05, 3.63) is 54.2 Å². The number of benzene rings is 1. The Bertz CT molecular complexity index is 543. The number of carbonyl (C=O) groups is 1. The molecule has 1 amide bonds. The lowest BCUT2D eigenvalue weighted by molar-refractivity contribution is 0.0684. The number of amides is 1.